The van der Waals surface area contributed by atoms with Crippen LogP contribution in [0.1, 0.15) is 53.4 Å². The number of hydrogen-bond acceptors (Lipinski definition) is 6. The molecule has 0 radical (unpaired) electrons. The number of nitrogens with zero attached hydrogens (tertiary/aromatic N) is 1. The van der Waals surface area contributed by atoms with Crippen molar-refractivity contribution in [2.75, 3.05) is 31.6 Å². The predicted octanol–water partition coefficient (Wildman–Crippen LogP) is 2.33. The molecule has 3 aliphatic heterocycles. The molecular weight excluding hydrogens is 462 g/mol. The van der Waals surface area contributed by atoms with Crippen LogP contribution in [0.15, 0.2) is 24.3 Å². The van der Waals surface area contributed by atoms with Gasteiger partial charge in [0.15, 0.2) is 0 Å². The van der Waals surface area contributed by atoms with Crippen molar-refractivity contribution in [2.24, 2.45) is 17.8 Å². The summed E-state index contributed by atoms with van der Waals surface area (Å²) in [5.74, 6) is -1.78. The second kappa shape index (κ2) is 10.4. The normalized spacial score (nSPS) is 32.5. The summed E-state index contributed by atoms with van der Waals surface area (Å²) in [6.07, 6.45) is 3.38. The standard InChI is InChI=1S/C27H39N3O6/c1-5-7-8-13-28-24(33)22-27-16-17(3)26(4,36-27)20(21(27)25(34)30(22)14-15-31)23(32)29-18-9-11-19(12-10-18)35-6-2/h9-12,17,20-22,31H,5-8,13-16H2,1-4H3,(H,28,33)(H,29,32)/t17?,20-,21-,22?,26+,27?/m0/s1. The molecule has 0 aromatic heterocycles. The van der Waals surface area contributed by atoms with E-state index in [1.807, 2.05) is 20.8 Å². The predicted molar refractivity (Wildman–Crippen MR) is 134 cm³/mol. The molecule has 198 valence electrons. The fourth-order valence-electron chi connectivity index (χ4n) is 6.49. The topological polar surface area (TPSA) is 117 Å². The number of β-amino-alcohol motifs (C(OH)–C–C–N with tert-alkyl or cyclic N) is 1. The Morgan fingerprint density at radius 2 is 1.92 bits per heavy atom. The molecule has 3 aliphatic rings. The van der Waals surface area contributed by atoms with Crippen LogP contribution in [0.5, 0.6) is 5.75 Å². The van der Waals surface area contributed by atoms with Crippen molar-refractivity contribution in [2.45, 2.75) is 70.6 Å². The SMILES string of the molecule is CCCCCNC(=O)C1N(CCO)C(=O)[C@@H]2[C@@H](C(=O)Nc3ccc(OCC)cc3)[C@]3(C)OC12CC3C. The summed E-state index contributed by atoms with van der Waals surface area (Å²) in [6, 6.07) is 6.21. The molecule has 2 bridgehead atoms. The van der Waals surface area contributed by atoms with E-state index in [9.17, 15) is 19.5 Å². The van der Waals surface area contributed by atoms with Crippen LogP contribution in [0.3, 0.4) is 0 Å². The van der Waals surface area contributed by atoms with E-state index in [2.05, 4.69) is 17.6 Å². The number of nitrogens with one attached hydrogen (secondary N) is 2. The number of hydrogen-bond donors (Lipinski definition) is 3. The first-order valence-corrected chi connectivity index (χ1v) is 13.2. The van der Waals surface area contributed by atoms with Crippen LogP contribution in [0, 0.1) is 17.8 Å². The number of benzene rings is 1. The molecule has 9 heteroatoms. The molecule has 0 aliphatic carbocycles. The Bertz CT molecular complexity index is 984. The molecule has 1 aromatic carbocycles. The average molecular weight is 502 g/mol. The zero-order chi connectivity index (χ0) is 26.1. The van der Waals surface area contributed by atoms with Gasteiger partial charge in [0.1, 0.15) is 17.4 Å². The second-order valence-electron chi connectivity index (χ2n) is 10.4. The number of rotatable bonds is 11. The van der Waals surface area contributed by atoms with Gasteiger partial charge in [-0.3, -0.25) is 14.4 Å². The van der Waals surface area contributed by atoms with E-state index in [1.54, 1.807) is 24.3 Å². The van der Waals surface area contributed by atoms with E-state index in [4.69, 9.17) is 9.47 Å². The number of carbonyl (C=O) groups excluding carboxylic acids is 3. The van der Waals surface area contributed by atoms with E-state index in [-0.39, 0.29) is 36.8 Å². The number of carbonyl (C=O) groups is 3. The minimum absolute atomic E-state index is 0.0197. The molecule has 3 unspecified atom stereocenters. The number of ether oxygens (including phenoxy) is 2. The lowest BCUT2D eigenvalue weighted by Crippen LogP contribution is -2.56. The summed E-state index contributed by atoms with van der Waals surface area (Å²) in [5.41, 5.74) is -1.39. The Labute approximate surface area is 212 Å². The maximum absolute atomic E-state index is 13.7. The largest absolute Gasteiger partial charge is 0.494 e. The first-order chi connectivity index (χ1) is 17.2. The Kier molecular flexibility index (Phi) is 7.61. The zero-order valence-electron chi connectivity index (χ0n) is 21.7. The molecule has 3 heterocycles. The lowest BCUT2D eigenvalue weighted by atomic mass is 9.62. The van der Waals surface area contributed by atoms with E-state index in [0.717, 1.165) is 19.3 Å². The lowest BCUT2D eigenvalue weighted by molar-refractivity contribution is -0.146. The number of unbranched alkanes of at least 4 members (excludes halogenated alkanes) is 2. The minimum Gasteiger partial charge on any atom is -0.494 e. The van der Waals surface area contributed by atoms with Crippen molar-refractivity contribution in [3.05, 3.63) is 24.3 Å². The highest BCUT2D eigenvalue weighted by atomic mass is 16.5. The molecule has 1 aromatic rings. The number of amides is 3. The van der Waals surface area contributed by atoms with Gasteiger partial charge >= 0.3 is 0 Å². The molecule has 0 saturated carbocycles. The molecule has 1 spiro atoms. The quantitative estimate of drug-likeness (QED) is 0.401. The molecule has 4 rings (SSSR count). The van der Waals surface area contributed by atoms with Crippen LogP contribution in [-0.2, 0) is 19.1 Å². The molecule has 3 amide bonds. The van der Waals surface area contributed by atoms with Gasteiger partial charge in [0.05, 0.1) is 30.7 Å². The Morgan fingerprint density at radius 1 is 1.19 bits per heavy atom. The molecular formula is C27H39N3O6. The molecule has 36 heavy (non-hydrogen) atoms. The van der Waals surface area contributed by atoms with E-state index in [0.29, 0.717) is 31.0 Å². The highest BCUT2D eigenvalue weighted by Gasteiger charge is 2.79. The van der Waals surface area contributed by atoms with Gasteiger partial charge in [0, 0.05) is 18.8 Å². The van der Waals surface area contributed by atoms with Gasteiger partial charge in [0.2, 0.25) is 17.7 Å². The van der Waals surface area contributed by atoms with E-state index in [1.165, 1.54) is 4.90 Å². The summed E-state index contributed by atoms with van der Waals surface area (Å²) in [5, 5.41) is 15.6. The Balaban J connectivity index is 1.62. The first-order valence-electron chi connectivity index (χ1n) is 13.2. The third-order valence-corrected chi connectivity index (χ3v) is 8.20. The van der Waals surface area contributed by atoms with Crippen molar-refractivity contribution >= 4 is 23.4 Å². The van der Waals surface area contributed by atoms with Crippen LogP contribution in [0.4, 0.5) is 5.69 Å². The third kappa shape index (κ3) is 4.26. The minimum atomic E-state index is -1.10. The van der Waals surface area contributed by atoms with Crippen molar-refractivity contribution in [3.63, 3.8) is 0 Å². The average Bonchev–Trinajstić information content (AvgIpc) is 3.35. The fraction of sp³-hybridized carbons (Fsp3) is 0.667. The lowest BCUT2D eigenvalue weighted by Gasteiger charge is -2.36. The first kappa shape index (κ1) is 26.4. The monoisotopic (exact) mass is 501 g/mol. The maximum atomic E-state index is 13.7. The van der Waals surface area contributed by atoms with Gasteiger partial charge < -0.3 is 30.1 Å². The van der Waals surface area contributed by atoms with E-state index >= 15 is 0 Å². The highest BCUT2D eigenvalue weighted by Crippen LogP contribution is 2.65. The van der Waals surface area contributed by atoms with Crippen molar-refractivity contribution in [1.29, 1.82) is 0 Å². The summed E-state index contributed by atoms with van der Waals surface area (Å²) < 4.78 is 12.1. The molecule has 3 saturated heterocycles. The molecule has 3 fully saturated rings. The van der Waals surface area contributed by atoms with Crippen LogP contribution in [0.2, 0.25) is 0 Å². The summed E-state index contributed by atoms with van der Waals surface area (Å²) >= 11 is 0. The van der Waals surface area contributed by atoms with Gasteiger partial charge in [-0.1, -0.05) is 26.7 Å². The smallest absolute Gasteiger partial charge is 0.245 e. The van der Waals surface area contributed by atoms with Crippen molar-refractivity contribution < 1.29 is 29.0 Å². The van der Waals surface area contributed by atoms with Crippen molar-refractivity contribution in [1.82, 2.24) is 10.2 Å². The summed E-state index contributed by atoms with van der Waals surface area (Å²) in [6.45, 7) is 8.69. The second-order valence-corrected chi connectivity index (χ2v) is 10.4. The third-order valence-electron chi connectivity index (χ3n) is 8.20. The van der Waals surface area contributed by atoms with Crippen LogP contribution in [-0.4, -0.2) is 71.3 Å². The van der Waals surface area contributed by atoms with Gasteiger partial charge in [-0.15, -0.1) is 0 Å². The van der Waals surface area contributed by atoms with Gasteiger partial charge in [-0.2, -0.15) is 0 Å². The van der Waals surface area contributed by atoms with Crippen molar-refractivity contribution in [3.8, 4) is 5.75 Å². The number of anilines is 1. The Hall–Kier alpha value is -2.65. The molecule has 6 atom stereocenters. The number of likely N-dealkylation sites (tertiary alicyclic amines) is 1. The van der Waals surface area contributed by atoms with Gasteiger partial charge in [-0.25, -0.2) is 0 Å². The number of aliphatic hydroxyl groups is 1. The van der Waals surface area contributed by atoms with Crippen LogP contribution < -0.4 is 15.4 Å². The summed E-state index contributed by atoms with van der Waals surface area (Å²) in [4.78, 5) is 42.3. The highest BCUT2D eigenvalue weighted by molar-refractivity contribution is 6.02. The van der Waals surface area contributed by atoms with Gasteiger partial charge in [0.25, 0.3) is 0 Å². The van der Waals surface area contributed by atoms with Gasteiger partial charge in [-0.05, 0) is 56.9 Å². The molecule has 9 nitrogen and oxygen atoms in total. The number of fused-ring (bicyclic) bond motifs is 1. The fourth-order valence-corrected chi connectivity index (χ4v) is 6.49. The van der Waals surface area contributed by atoms with E-state index < -0.39 is 29.1 Å². The van der Waals surface area contributed by atoms with Crippen LogP contribution in [0.25, 0.3) is 0 Å². The summed E-state index contributed by atoms with van der Waals surface area (Å²) in [7, 11) is 0. The maximum Gasteiger partial charge on any atom is 0.245 e. The number of aliphatic hydroxyl groups excluding tert-OH is 1. The molecule has 3 N–H and O–H groups in total. The van der Waals surface area contributed by atoms with Crippen LogP contribution >= 0.6 is 0 Å². The zero-order valence-corrected chi connectivity index (χ0v) is 21.7. The Morgan fingerprint density at radius 3 is 2.56 bits per heavy atom.